The highest BCUT2D eigenvalue weighted by molar-refractivity contribution is 6.05. The molecule has 1 aliphatic heterocycles. The average Bonchev–Trinajstić information content (AvgIpc) is 3.16. The number of alkyl halides is 3. The van der Waals surface area contributed by atoms with Gasteiger partial charge in [0.1, 0.15) is 17.5 Å². The van der Waals surface area contributed by atoms with Crippen LogP contribution in [0, 0.1) is 6.92 Å². The second kappa shape index (κ2) is 10.7. The summed E-state index contributed by atoms with van der Waals surface area (Å²) in [7, 11) is 0. The van der Waals surface area contributed by atoms with Crippen LogP contribution in [0.3, 0.4) is 0 Å². The van der Waals surface area contributed by atoms with Crippen molar-refractivity contribution in [1.82, 2.24) is 9.88 Å². The number of aromatic nitrogens is 1. The second-order valence-corrected chi connectivity index (χ2v) is 9.19. The summed E-state index contributed by atoms with van der Waals surface area (Å²) >= 11 is 0. The van der Waals surface area contributed by atoms with Gasteiger partial charge >= 0.3 is 6.36 Å². The number of aryl methyl sites for hydroxylation is 1. The number of halogens is 3. The van der Waals surface area contributed by atoms with Crippen molar-refractivity contribution in [2.24, 2.45) is 0 Å². The molecule has 2 aromatic carbocycles. The van der Waals surface area contributed by atoms with Crippen molar-refractivity contribution in [3.05, 3.63) is 93.9 Å². The maximum absolute atomic E-state index is 13.6. The van der Waals surface area contributed by atoms with Crippen LogP contribution in [-0.4, -0.2) is 46.5 Å². The van der Waals surface area contributed by atoms with Crippen LogP contribution in [0.1, 0.15) is 34.3 Å². The largest absolute Gasteiger partial charge is 0.573 e. The predicted octanol–water partition coefficient (Wildman–Crippen LogP) is 3.37. The fourth-order valence-electron chi connectivity index (χ4n) is 4.41. The lowest BCUT2D eigenvalue weighted by atomic mass is 9.93. The number of benzene rings is 2. The van der Waals surface area contributed by atoms with Crippen molar-refractivity contribution in [1.29, 1.82) is 0 Å². The number of hydrogen-bond acceptors (Lipinski definition) is 5. The minimum atomic E-state index is -4.87. The van der Waals surface area contributed by atoms with Gasteiger partial charge in [0, 0.05) is 24.2 Å². The van der Waals surface area contributed by atoms with Crippen molar-refractivity contribution >= 4 is 17.5 Å². The Labute approximate surface area is 216 Å². The van der Waals surface area contributed by atoms with Gasteiger partial charge in [-0.1, -0.05) is 29.8 Å². The molecule has 1 fully saturated rings. The monoisotopic (exact) mass is 529 g/mol. The molecule has 0 bridgehead atoms. The Bertz CT molecular complexity index is 1370. The molecule has 2 amide bonds. The van der Waals surface area contributed by atoms with Crippen molar-refractivity contribution in [2.45, 2.75) is 44.8 Å². The molecule has 0 saturated carbocycles. The first-order valence-electron chi connectivity index (χ1n) is 11.8. The van der Waals surface area contributed by atoms with Crippen LogP contribution in [0.2, 0.25) is 0 Å². The number of carbonyl (C=O) groups is 2. The van der Waals surface area contributed by atoms with Gasteiger partial charge in [-0.15, -0.1) is 13.2 Å². The summed E-state index contributed by atoms with van der Waals surface area (Å²) in [6.45, 7) is 3.61. The molecule has 4 rings (SSSR count). The number of aliphatic hydroxyl groups excluding tert-OH is 1. The number of anilines is 1. The first-order valence-corrected chi connectivity index (χ1v) is 11.8. The van der Waals surface area contributed by atoms with Crippen LogP contribution in [0.25, 0.3) is 0 Å². The number of carbonyl (C=O) groups excluding carboxylic acids is 2. The van der Waals surface area contributed by atoms with Gasteiger partial charge in [0.25, 0.3) is 11.5 Å². The Morgan fingerprint density at radius 1 is 1.11 bits per heavy atom. The van der Waals surface area contributed by atoms with Crippen LogP contribution >= 0.6 is 0 Å². The number of rotatable bonds is 7. The maximum atomic E-state index is 13.6. The van der Waals surface area contributed by atoms with E-state index in [4.69, 9.17) is 0 Å². The third-order valence-corrected chi connectivity index (χ3v) is 6.21. The Balaban J connectivity index is 1.63. The molecule has 3 aromatic rings. The molecule has 0 aliphatic carbocycles. The Morgan fingerprint density at radius 2 is 1.76 bits per heavy atom. The first kappa shape index (κ1) is 26.9. The molecular formula is C27H26F3N3O5. The Morgan fingerprint density at radius 3 is 2.37 bits per heavy atom. The summed E-state index contributed by atoms with van der Waals surface area (Å²) in [6.07, 6.45) is -4.13. The highest BCUT2D eigenvalue weighted by atomic mass is 19.4. The SMILES string of the molecule is Cc1ccc([C@@H]2CN(c3cccn(CC(C)O)c3=O)C(=O)C2NC(=O)c2ccc(OC(F)(F)F)cc2)cc1. The zero-order chi connectivity index (χ0) is 27.6. The van der Waals surface area contributed by atoms with Crippen LogP contribution in [0.5, 0.6) is 5.75 Å². The van der Waals surface area contributed by atoms with E-state index in [1.165, 1.54) is 33.9 Å². The van der Waals surface area contributed by atoms with Crippen LogP contribution in [-0.2, 0) is 11.3 Å². The summed E-state index contributed by atoms with van der Waals surface area (Å²) < 4.78 is 42.5. The molecule has 1 saturated heterocycles. The van der Waals surface area contributed by atoms with Gasteiger partial charge in [-0.05, 0) is 55.8 Å². The van der Waals surface area contributed by atoms with Crippen molar-refractivity contribution in [3.63, 3.8) is 0 Å². The van der Waals surface area contributed by atoms with E-state index in [2.05, 4.69) is 10.1 Å². The molecule has 1 aromatic heterocycles. The summed E-state index contributed by atoms with van der Waals surface area (Å²) in [4.78, 5) is 41.0. The molecule has 0 radical (unpaired) electrons. The zero-order valence-electron chi connectivity index (χ0n) is 20.6. The second-order valence-electron chi connectivity index (χ2n) is 9.19. The minimum absolute atomic E-state index is 0.0347. The number of pyridine rings is 1. The van der Waals surface area contributed by atoms with Crippen molar-refractivity contribution < 1.29 is 32.6 Å². The van der Waals surface area contributed by atoms with Gasteiger partial charge in [-0.2, -0.15) is 0 Å². The molecule has 11 heteroatoms. The normalized spacial score (nSPS) is 18.4. The van der Waals surface area contributed by atoms with Gasteiger partial charge in [-0.3, -0.25) is 14.4 Å². The molecular weight excluding hydrogens is 503 g/mol. The summed E-state index contributed by atoms with van der Waals surface area (Å²) in [5.74, 6) is -2.16. The molecule has 38 heavy (non-hydrogen) atoms. The summed E-state index contributed by atoms with van der Waals surface area (Å²) in [5.41, 5.74) is 1.45. The van der Waals surface area contributed by atoms with Gasteiger partial charge < -0.3 is 24.6 Å². The lowest BCUT2D eigenvalue weighted by Gasteiger charge is -2.19. The van der Waals surface area contributed by atoms with E-state index in [1.54, 1.807) is 13.0 Å². The smallest absolute Gasteiger partial charge is 0.406 e. The predicted molar refractivity (Wildman–Crippen MR) is 133 cm³/mol. The third kappa shape index (κ3) is 6.05. The topological polar surface area (TPSA) is 101 Å². The van der Waals surface area contributed by atoms with Crippen LogP contribution < -0.4 is 20.5 Å². The lowest BCUT2D eigenvalue weighted by molar-refractivity contribution is -0.274. The molecule has 2 heterocycles. The van der Waals surface area contributed by atoms with E-state index in [9.17, 15) is 32.7 Å². The van der Waals surface area contributed by atoms with Gasteiger partial charge in [0.05, 0.1) is 12.6 Å². The fourth-order valence-corrected chi connectivity index (χ4v) is 4.41. The highest BCUT2D eigenvalue weighted by Crippen LogP contribution is 2.32. The number of amides is 2. The minimum Gasteiger partial charge on any atom is -0.406 e. The van der Waals surface area contributed by atoms with Gasteiger partial charge in [-0.25, -0.2) is 0 Å². The Hall–Kier alpha value is -4.12. The summed E-state index contributed by atoms with van der Waals surface area (Å²) in [6, 6.07) is 13.9. The molecule has 1 aliphatic rings. The number of nitrogens with one attached hydrogen (secondary N) is 1. The molecule has 8 nitrogen and oxygen atoms in total. The standard InChI is InChI=1S/C27H26F3N3O5/c1-16-5-7-18(8-6-16)21-15-33(22-4-3-13-32(25(22)36)14-17(2)34)26(37)23(21)31-24(35)19-9-11-20(12-10-19)38-27(28,29)30/h3-13,17,21,23,34H,14-15H2,1-2H3,(H,31,35)/t17?,21-,23?/m0/s1. The average molecular weight is 530 g/mol. The fraction of sp³-hybridized carbons (Fsp3) is 0.296. The molecule has 2 N–H and O–H groups in total. The first-order chi connectivity index (χ1) is 17.9. The lowest BCUT2D eigenvalue weighted by Crippen LogP contribution is -2.44. The summed E-state index contributed by atoms with van der Waals surface area (Å²) in [5, 5.41) is 12.4. The van der Waals surface area contributed by atoms with Gasteiger partial charge in [0.15, 0.2) is 0 Å². The van der Waals surface area contributed by atoms with E-state index in [-0.39, 0.29) is 24.3 Å². The maximum Gasteiger partial charge on any atom is 0.573 e. The van der Waals surface area contributed by atoms with E-state index >= 15 is 0 Å². The van der Waals surface area contributed by atoms with Crippen molar-refractivity contribution in [3.8, 4) is 5.75 Å². The third-order valence-electron chi connectivity index (χ3n) is 6.21. The molecule has 200 valence electrons. The molecule has 2 unspecified atom stereocenters. The number of aliphatic hydroxyl groups is 1. The van der Waals surface area contributed by atoms with Gasteiger partial charge in [0.2, 0.25) is 5.91 Å². The van der Waals surface area contributed by atoms with Crippen LogP contribution in [0.15, 0.2) is 71.7 Å². The highest BCUT2D eigenvalue weighted by Gasteiger charge is 2.43. The van der Waals surface area contributed by atoms with E-state index in [0.29, 0.717) is 0 Å². The van der Waals surface area contributed by atoms with Crippen molar-refractivity contribution in [2.75, 3.05) is 11.4 Å². The Kier molecular flexibility index (Phi) is 7.58. The quantitative estimate of drug-likeness (QED) is 0.489. The number of ether oxygens (including phenoxy) is 1. The van der Waals surface area contributed by atoms with E-state index in [0.717, 1.165) is 23.3 Å². The van der Waals surface area contributed by atoms with Crippen LogP contribution in [0.4, 0.5) is 18.9 Å². The zero-order valence-corrected chi connectivity index (χ0v) is 20.6. The number of nitrogens with zero attached hydrogens (tertiary/aromatic N) is 2. The van der Waals surface area contributed by atoms with E-state index in [1.807, 2.05) is 31.2 Å². The molecule has 0 spiro atoms. The number of hydrogen-bond donors (Lipinski definition) is 2. The van der Waals surface area contributed by atoms with E-state index < -0.39 is 47.5 Å². The molecule has 3 atom stereocenters.